The van der Waals surface area contributed by atoms with Crippen molar-refractivity contribution in [3.63, 3.8) is 0 Å². The number of carbonyl (C=O) groups excluding carboxylic acids is 2. The number of cyclic esters (lactones) is 1. The second-order valence-electron chi connectivity index (χ2n) is 8.60. The van der Waals surface area contributed by atoms with Crippen molar-refractivity contribution in [2.45, 2.75) is 38.7 Å². The summed E-state index contributed by atoms with van der Waals surface area (Å²) in [5.74, 6) is -0.746. The maximum atomic E-state index is 12.6. The van der Waals surface area contributed by atoms with Gasteiger partial charge in [0, 0.05) is 41.6 Å². The Morgan fingerprint density at radius 2 is 2.11 bits per heavy atom. The number of carbonyl (C=O) groups is 2. The molecule has 0 unspecified atom stereocenters. The molecule has 2 aromatic heterocycles. The maximum Gasteiger partial charge on any atom is 0.574 e. The minimum absolute atomic E-state index is 0.194. The molecule has 0 bridgehead atoms. The fourth-order valence-electron chi connectivity index (χ4n) is 4.55. The number of amides is 2. The Morgan fingerprint density at radius 3 is 2.89 bits per heavy atom. The predicted octanol–water partition coefficient (Wildman–Crippen LogP) is 3.99. The van der Waals surface area contributed by atoms with Gasteiger partial charge in [0.15, 0.2) is 0 Å². The van der Waals surface area contributed by atoms with Gasteiger partial charge >= 0.3 is 12.5 Å². The van der Waals surface area contributed by atoms with Gasteiger partial charge < -0.3 is 14.8 Å². The highest BCUT2D eigenvalue weighted by molar-refractivity contribution is 5.91. The van der Waals surface area contributed by atoms with Crippen molar-refractivity contribution in [1.82, 2.24) is 20.5 Å². The van der Waals surface area contributed by atoms with E-state index in [9.17, 15) is 22.8 Å². The first-order chi connectivity index (χ1) is 17.2. The van der Waals surface area contributed by atoms with Gasteiger partial charge in [0.05, 0.1) is 24.5 Å². The van der Waals surface area contributed by atoms with E-state index < -0.39 is 24.4 Å². The van der Waals surface area contributed by atoms with E-state index in [0.29, 0.717) is 29.9 Å². The third-order valence-corrected chi connectivity index (χ3v) is 6.09. The number of aromatic amines is 1. The number of aryl methyl sites for hydroxylation is 1. The van der Waals surface area contributed by atoms with Crippen LogP contribution in [0.1, 0.15) is 24.5 Å². The Kier molecular flexibility index (Phi) is 6.02. The SMILES string of the molecule is CC(=O)NC[C@H]1CN(c2ccc3c(c2)CCCc2c(-c4ccnc(OC(F)(F)F)c4)n[nH]c2-3)C(=O)O1. The van der Waals surface area contributed by atoms with Crippen molar-refractivity contribution in [2.75, 3.05) is 18.0 Å². The van der Waals surface area contributed by atoms with Gasteiger partial charge in [-0.15, -0.1) is 13.2 Å². The Balaban J connectivity index is 1.42. The van der Waals surface area contributed by atoms with Crippen molar-refractivity contribution < 1.29 is 32.2 Å². The van der Waals surface area contributed by atoms with Crippen molar-refractivity contribution >= 4 is 17.7 Å². The Morgan fingerprint density at radius 1 is 1.28 bits per heavy atom. The normalized spacial score (nSPS) is 17.2. The largest absolute Gasteiger partial charge is 0.574 e. The number of ether oxygens (including phenoxy) is 2. The number of alkyl halides is 3. The van der Waals surface area contributed by atoms with Crippen LogP contribution in [-0.2, 0) is 22.4 Å². The van der Waals surface area contributed by atoms with Crippen molar-refractivity contribution in [1.29, 1.82) is 0 Å². The number of H-pyrrole nitrogens is 1. The molecule has 3 heterocycles. The minimum atomic E-state index is -4.84. The molecule has 2 N–H and O–H groups in total. The summed E-state index contributed by atoms with van der Waals surface area (Å²) >= 11 is 0. The summed E-state index contributed by atoms with van der Waals surface area (Å²) in [5.41, 5.74) is 5.29. The van der Waals surface area contributed by atoms with Gasteiger partial charge in [-0.05, 0) is 43.0 Å². The van der Waals surface area contributed by atoms with Crippen LogP contribution in [0.25, 0.3) is 22.5 Å². The first-order valence-corrected chi connectivity index (χ1v) is 11.3. The average molecular weight is 501 g/mol. The minimum Gasteiger partial charge on any atom is -0.442 e. The Bertz CT molecular complexity index is 1320. The van der Waals surface area contributed by atoms with Crippen LogP contribution in [0.3, 0.4) is 0 Å². The van der Waals surface area contributed by atoms with Crippen molar-refractivity contribution in [2.24, 2.45) is 0 Å². The van der Waals surface area contributed by atoms with Crippen LogP contribution >= 0.6 is 0 Å². The lowest BCUT2D eigenvalue weighted by atomic mass is 9.99. The molecule has 9 nitrogen and oxygen atoms in total. The van der Waals surface area contributed by atoms with Crippen LogP contribution in [-0.4, -0.2) is 52.7 Å². The molecule has 0 spiro atoms. The molecule has 1 aliphatic heterocycles. The second-order valence-corrected chi connectivity index (χ2v) is 8.60. The summed E-state index contributed by atoms with van der Waals surface area (Å²) in [6.45, 7) is 1.97. The Hall–Kier alpha value is -4.09. The van der Waals surface area contributed by atoms with Crippen LogP contribution < -0.4 is 15.0 Å². The molecule has 0 saturated carbocycles. The van der Waals surface area contributed by atoms with E-state index in [0.717, 1.165) is 35.2 Å². The molecule has 2 aliphatic rings. The topological polar surface area (TPSA) is 109 Å². The third kappa shape index (κ3) is 4.83. The van der Waals surface area contributed by atoms with Gasteiger partial charge in [0.2, 0.25) is 11.8 Å². The van der Waals surface area contributed by atoms with E-state index in [4.69, 9.17) is 4.74 Å². The van der Waals surface area contributed by atoms with Gasteiger partial charge in [-0.25, -0.2) is 9.78 Å². The van der Waals surface area contributed by atoms with Gasteiger partial charge in [-0.3, -0.25) is 14.8 Å². The fraction of sp³-hybridized carbons (Fsp3) is 0.333. The smallest absolute Gasteiger partial charge is 0.442 e. The zero-order chi connectivity index (χ0) is 25.4. The van der Waals surface area contributed by atoms with E-state index in [1.165, 1.54) is 24.1 Å². The van der Waals surface area contributed by atoms with E-state index >= 15 is 0 Å². The molecule has 188 valence electrons. The predicted molar refractivity (Wildman–Crippen MR) is 122 cm³/mol. The molecule has 1 aromatic carbocycles. The van der Waals surface area contributed by atoms with Gasteiger partial charge in [-0.1, -0.05) is 6.07 Å². The quantitative estimate of drug-likeness (QED) is 0.547. The van der Waals surface area contributed by atoms with Crippen LogP contribution in [0.5, 0.6) is 5.88 Å². The van der Waals surface area contributed by atoms with Crippen molar-refractivity contribution in [3.05, 3.63) is 47.7 Å². The molecule has 36 heavy (non-hydrogen) atoms. The molecule has 1 aliphatic carbocycles. The number of benzene rings is 1. The highest BCUT2D eigenvalue weighted by Crippen LogP contribution is 2.38. The average Bonchev–Trinajstić information content (AvgIpc) is 3.35. The second kappa shape index (κ2) is 9.17. The zero-order valence-electron chi connectivity index (χ0n) is 19.2. The van der Waals surface area contributed by atoms with Crippen LogP contribution in [0.15, 0.2) is 36.5 Å². The number of aromatic nitrogens is 3. The third-order valence-electron chi connectivity index (χ3n) is 6.09. The molecular formula is C24H22F3N5O4. The molecule has 3 aromatic rings. The first-order valence-electron chi connectivity index (χ1n) is 11.3. The van der Waals surface area contributed by atoms with E-state index in [-0.39, 0.29) is 12.5 Å². The molecule has 5 rings (SSSR count). The number of pyridine rings is 1. The molecule has 1 atom stereocenters. The number of nitrogens with one attached hydrogen (secondary N) is 2. The standard InChI is InChI=1S/C24H22F3N5O4/c1-13(33)29-11-17-12-32(23(34)35-17)16-5-6-18-14(9-16)3-2-4-19-21(30-31-22(18)19)15-7-8-28-20(10-15)36-24(25,26)27/h5-10,17H,2-4,11-12H2,1H3,(H,29,33)(H,30,31)/t17-/m0/s1. The van der Waals surface area contributed by atoms with E-state index in [1.807, 2.05) is 18.2 Å². The number of hydrogen-bond acceptors (Lipinski definition) is 6. The molecule has 12 heteroatoms. The number of nitrogens with zero attached hydrogens (tertiary/aromatic N) is 3. The number of fused-ring (bicyclic) bond motifs is 3. The monoisotopic (exact) mass is 501 g/mol. The molecular weight excluding hydrogens is 479 g/mol. The van der Waals surface area contributed by atoms with Crippen molar-refractivity contribution in [3.8, 4) is 28.4 Å². The number of rotatable bonds is 5. The summed E-state index contributed by atoms with van der Waals surface area (Å²) in [5, 5.41) is 10.1. The van der Waals surface area contributed by atoms with Gasteiger partial charge in [-0.2, -0.15) is 5.10 Å². The maximum absolute atomic E-state index is 12.6. The first kappa shape index (κ1) is 23.6. The summed E-state index contributed by atoms with van der Waals surface area (Å²) in [6, 6.07) is 8.46. The molecule has 1 fully saturated rings. The summed E-state index contributed by atoms with van der Waals surface area (Å²) < 4.78 is 47.2. The lowest BCUT2D eigenvalue weighted by Crippen LogP contribution is -2.33. The number of hydrogen-bond donors (Lipinski definition) is 2. The zero-order valence-corrected chi connectivity index (χ0v) is 19.2. The highest BCUT2D eigenvalue weighted by atomic mass is 19.4. The van der Waals surface area contributed by atoms with Crippen LogP contribution in [0.2, 0.25) is 0 Å². The van der Waals surface area contributed by atoms with E-state index in [1.54, 1.807) is 6.07 Å². The molecule has 0 radical (unpaired) electrons. The van der Waals surface area contributed by atoms with E-state index in [2.05, 4.69) is 25.2 Å². The van der Waals surface area contributed by atoms with Crippen LogP contribution in [0, 0.1) is 0 Å². The lowest BCUT2D eigenvalue weighted by molar-refractivity contribution is -0.276. The molecule has 1 saturated heterocycles. The number of halogens is 3. The van der Waals surface area contributed by atoms with Crippen LogP contribution in [0.4, 0.5) is 23.7 Å². The summed E-state index contributed by atoms with van der Waals surface area (Å²) in [4.78, 5) is 28.8. The van der Waals surface area contributed by atoms with Gasteiger partial charge in [0.1, 0.15) is 6.10 Å². The Labute approximate surface area is 203 Å². The summed E-state index contributed by atoms with van der Waals surface area (Å²) in [7, 11) is 0. The summed E-state index contributed by atoms with van der Waals surface area (Å²) in [6.07, 6.45) is -2.32. The van der Waals surface area contributed by atoms with Gasteiger partial charge in [0.25, 0.3) is 0 Å². The number of anilines is 1. The fourth-order valence-corrected chi connectivity index (χ4v) is 4.55. The highest BCUT2D eigenvalue weighted by Gasteiger charge is 2.34. The molecule has 2 amide bonds. The lowest BCUT2D eigenvalue weighted by Gasteiger charge is -2.16.